The number of hydrogen-bond acceptors (Lipinski definition) is 6. The fraction of sp³-hybridized carbons (Fsp3) is 0.150. The predicted molar refractivity (Wildman–Crippen MR) is 107 cm³/mol. The van der Waals surface area contributed by atoms with Crippen molar-refractivity contribution >= 4 is 40.6 Å². The SMILES string of the molecule is COc1ccc(NC(=O)CN2C(=O)S/C(=C/c3cccc(OC)c3)C2=O)cc1. The minimum Gasteiger partial charge on any atom is -0.497 e. The Kier molecular flexibility index (Phi) is 6.00. The number of anilines is 1. The van der Waals surface area contributed by atoms with Crippen LogP contribution < -0.4 is 14.8 Å². The number of amides is 3. The van der Waals surface area contributed by atoms with E-state index in [1.807, 2.05) is 0 Å². The summed E-state index contributed by atoms with van der Waals surface area (Å²) in [6.45, 7) is -0.355. The number of thioether (sulfide) groups is 1. The molecule has 0 spiro atoms. The first-order chi connectivity index (χ1) is 13.5. The van der Waals surface area contributed by atoms with Crippen LogP contribution in [0.3, 0.4) is 0 Å². The van der Waals surface area contributed by atoms with Crippen LogP contribution in [-0.2, 0) is 9.59 Å². The van der Waals surface area contributed by atoms with Crippen molar-refractivity contribution < 1.29 is 23.9 Å². The molecule has 1 N–H and O–H groups in total. The summed E-state index contributed by atoms with van der Waals surface area (Å²) in [5.74, 6) is 0.344. The molecule has 0 bridgehead atoms. The van der Waals surface area contributed by atoms with Crippen LogP contribution in [0.1, 0.15) is 5.56 Å². The van der Waals surface area contributed by atoms with E-state index in [-0.39, 0.29) is 11.4 Å². The normalized spacial score (nSPS) is 15.1. The number of carbonyl (C=O) groups is 3. The summed E-state index contributed by atoms with van der Waals surface area (Å²) in [5.41, 5.74) is 1.28. The summed E-state index contributed by atoms with van der Waals surface area (Å²) in [6, 6.07) is 13.9. The summed E-state index contributed by atoms with van der Waals surface area (Å²) in [4.78, 5) is 38.1. The zero-order valence-corrected chi connectivity index (χ0v) is 16.1. The summed E-state index contributed by atoms with van der Waals surface area (Å²) in [7, 11) is 3.10. The van der Waals surface area contributed by atoms with Crippen molar-refractivity contribution in [3.8, 4) is 11.5 Å². The lowest BCUT2D eigenvalue weighted by molar-refractivity contribution is -0.127. The highest BCUT2D eigenvalue weighted by Gasteiger charge is 2.36. The van der Waals surface area contributed by atoms with E-state index in [4.69, 9.17) is 9.47 Å². The Balaban J connectivity index is 1.67. The third-order valence-electron chi connectivity index (χ3n) is 3.94. The molecule has 1 saturated heterocycles. The minimum absolute atomic E-state index is 0.260. The van der Waals surface area contributed by atoms with Gasteiger partial charge in [-0.2, -0.15) is 0 Å². The van der Waals surface area contributed by atoms with Crippen molar-refractivity contribution in [1.82, 2.24) is 4.90 Å². The van der Waals surface area contributed by atoms with Crippen molar-refractivity contribution in [3.63, 3.8) is 0 Å². The first-order valence-corrected chi connectivity index (χ1v) is 9.15. The molecule has 2 aromatic carbocycles. The fourth-order valence-electron chi connectivity index (χ4n) is 2.54. The number of benzene rings is 2. The number of methoxy groups -OCH3 is 2. The van der Waals surface area contributed by atoms with Gasteiger partial charge in [0.05, 0.1) is 19.1 Å². The molecule has 28 heavy (non-hydrogen) atoms. The zero-order chi connectivity index (χ0) is 20.1. The van der Waals surface area contributed by atoms with Gasteiger partial charge in [0.25, 0.3) is 11.1 Å². The van der Waals surface area contributed by atoms with Gasteiger partial charge in [-0.1, -0.05) is 12.1 Å². The molecular formula is C20H18N2O5S. The molecule has 1 aliphatic heterocycles. The van der Waals surface area contributed by atoms with Crippen molar-refractivity contribution in [2.45, 2.75) is 0 Å². The first-order valence-electron chi connectivity index (χ1n) is 8.33. The summed E-state index contributed by atoms with van der Waals surface area (Å²) < 4.78 is 10.2. The molecule has 0 atom stereocenters. The van der Waals surface area contributed by atoms with E-state index in [9.17, 15) is 14.4 Å². The van der Waals surface area contributed by atoms with Crippen LogP contribution in [0.5, 0.6) is 11.5 Å². The van der Waals surface area contributed by atoms with Gasteiger partial charge >= 0.3 is 0 Å². The standard InChI is InChI=1S/C20H18N2O5S/c1-26-15-8-6-14(7-9-15)21-18(23)12-22-19(24)17(28-20(22)25)11-13-4-3-5-16(10-13)27-2/h3-11H,12H2,1-2H3,(H,21,23)/b17-11+. The lowest BCUT2D eigenvalue weighted by atomic mass is 10.2. The molecule has 2 aromatic rings. The molecule has 1 fully saturated rings. The van der Waals surface area contributed by atoms with E-state index in [2.05, 4.69) is 5.32 Å². The maximum Gasteiger partial charge on any atom is 0.294 e. The molecule has 3 rings (SSSR count). The van der Waals surface area contributed by atoms with Gasteiger partial charge < -0.3 is 14.8 Å². The number of hydrogen-bond donors (Lipinski definition) is 1. The van der Waals surface area contributed by atoms with Gasteiger partial charge in [0.2, 0.25) is 5.91 Å². The van der Waals surface area contributed by atoms with E-state index in [0.717, 1.165) is 22.2 Å². The Hall–Kier alpha value is -3.26. The van der Waals surface area contributed by atoms with E-state index < -0.39 is 17.1 Å². The third-order valence-corrected chi connectivity index (χ3v) is 4.85. The second kappa shape index (κ2) is 8.62. The van der Waals surface area contributed by atoms with Gasteiger partial charge in [-0.3, -0.25) is 19.3 Å². The molecule has 0 aromatic heterocycles. The largest absolute Gasteiger partial charge is 0.497 e. The zero-order valence-electron chi connectivity index (χ0n) is 15.3. The Morgan fingerprint density at radius 1 is 1.07 bits per heavy atom. The molecule has 144 valence electrons. The number of ether oxygens (including phenoxy) is 2. The van der Waals surface area contributed by atoms with Crippen LogP contribution in [0.4, 0.5) is 10.5 Å². The molecular weight excluding hydrogens is 380 g/mol. The highest BCUT2D eigenvalue weighted by Crippen LogP contribution is 2.32. The molecule has 7 nitrogen and oxygen atoms in total. The van der Waals surface area contributed by atoms with E-state index >= 15 is 0 Å². The average Bonchev–Trinajstić information content (AvgIpc) is 2.96. The van der Waals surface area contributed by atoms with Crippen LogP contribution in [0.2, 0.25) is 0 Å². The lowest BCUT2D eigenvalue weighted by Crippen LogP contribution is -2.36. The maximum absolute atomic E-state index is 12.5. The lowest BCUT2D eigenvalue weighted by Gasteiger charge is -2.12. The Labute approximate surface area is 166 Å². The van der Waals surface area contributed by atoms with Gasteiger partial charge in [-0.15, -0.1) is 0 Å². The Morgan fingerprint density at radius 2 is 1.79 bits per heavy atom. The van der Waals surface area contributed by atoms with E-state index in [1.165, 1.54) is 0 Å². The summed E-state index contributed by atoms with van der Waals surface area (Å²) in [5, 5.41) is 2.17. The number of rotatable bonds is 6. The fourth-order valence-corrected chi connectivity index (χ4v) is 3.38. The molecule has 0 aliphatic carbocycles. The van der Waals surface area contributed by atoms with Gasteiger partial charge in [0.1, 0.15) is 18.0 Å². The van der Waals surface area contributed by atoms with Crippen LogP contribution in [0.25, 0.3) is 6.08 Å². The van der Waals surface area contributed by atoms with Crippen LogP contribution in [0, 0.1) is 0 Å². The van der Waals surface area contributed by atoms with E-state index in [0.29, 0.717) is 17.2 Å². The topological polar surface area (TPSA) is 84.9 Å². The molecule has 0 radical (unpaired) electrons. The molecule has 0 saturated carbocycles. The molecule has 0 unspecified atom stereocenters. The molecule has 8 heteroatoms. The number of nitrogens with zero attached hydrogens (tertiary/aromatic N) is 1. The van der Waals surface area contributed by atoms with Gasteiger partial charge in [0.15, 0.2) is 0 Å². The Morgan fingerprint density at radius 3 is 2.46 bits per heavy atom. The number of imide groups is 1. The molecule has 1 heterocycles. The van der Waals surface area contributed by atoms with Gasteiger partial charge in [-0.25, -0.2) is 0 Å². The highest BCUT2D eigenvalue weighted by molar-refractivity contribution is 8.18. The first kappa shape index (κ1) is 19.5. The maximum atomic E-state index is 12.5. The van der Waals surface area contributed by atoms with Gasteiger partial charge in [-0.05, 0) is 59.8 Å². The second-order valence-electron chi connectivity index (χ2n) is 5.82. The highest BCUT2D eigenvalue weighted by atomic mass is 32.2. The Bertz CT molecular complexity index is 940. The van der Waals surface area contributed by atoms with Crippen LogP contribution in [0.15, 0.2) is 53.4 Å². The van der Waals surface area contributed by atoms with Crippen LogP contribution in [-0.4, -0.2) is 42.7 Å². The predicted octanol–water partition coefficient (Wildman–Crippen LogP) is 3.38. The smallest absolute Gasteiger partial charge is 0.294 e. The quantitative estimate of drug-likeness (QED) is 0.751. The number of nitrogens with one attached hydrogen (secondary N) is 1. The van der Waals surface area contributed by atoms with E-state index in [1.54, 1.807) is 68.8 Å². The minimum atomic E-state index is -0.497. The summed E-state index contributed by atoms with van der Waals surface area (Å²) in [6.07, 6.45) is 1.61. The second-order valence-corrected chi connectivity index (χ2v) is 6.81. The van der Waals surface area contributed by atoms with Crippen molar-refractivity contribution in [3.05, 3.63) is 59.0 Å². The molecule has 1 aliphatic rings. The van der Waals surface area contributed by atoms with Crippen molar-refractivity contribution in [1.29, 1.82) is 0 Å². The van der Waals surface area contributed by atoms with Crippen molar-refractivity contribution in [2.24, 2.45) is 0 Å². The van der Waals surface area contributed by atoms with Crippen LogP contribution >= 0.6 is 11.8 Å². The number of carbonyl (C=O) groups excluding carboxylic acids is 3. The third kappa shape index (κ3) is 4.52. The van der Waals surface area contributed by atoms with Gasteiger partial charge in [0, 0.05) is 5.69 Å². The monoisotopic (exact) mass is 398 g/mol. The average molecular weight is 398 g/mol. The molecule has 3 amide bonds. The summed E-state index contributed by atoms with van der Waals surface area (Å²) >= 11 is 0.804. The van der Waals surface area contributed by atoms with Crippen molar-refractivity contribution in [2.75, 3.05) is 26.1 Å².